The topological polar surface area (TPSA) is 59.0 Å². The van der Waals surface area contributed by atoms with E-state index >= 15 is 0 Å². The summed E-state index contributed by atoms with van der Waals surface area (Å²) in [5, 5.41) is 0.635. The first kappa shape index (κ1) is 20.0. The highest BCUT2D eigenvalue weighted by atomic mass is 32.2. The van der Waals surface area contributed by atoms with Gasteiger partial charge < -0.3 is 4.90 Å². The first-order valence-electron chi connectivity index (χ1n) is 9.35. The smallest absolute Gasteiger partial charge is 0.233 e. The van der Waals surface area contributed by atoms with Gasteiger partial charge in [0.15, 0.2) is 5.16 Å². The maximum absolute atomic E-state index is 12.9. The van der Waals surface area contributed by atoms with Gasteiger partial charge in [0.2, 0.25) is 5.91 Å². The van der Waals surface area contributed by atoms with E-state index in [-0.39, 0.29) is 5.91 Å². The van der Waals surface area contributed by atoms with E-state index in [2.05, 4.69) is 27.1 Å². The molecule has 1 amide bonds. The highest BCUT2D eigenvalue weighted by Gasteiger charge is 2.15. The zero-order chi connectivity index (χ0) is 19.6. The van der Waals surface area contributed by atoms with Crippen LogP contribution >= 0.6 is 11.8 Å². The average molecular weight is 393 g/mol. The molecular formula is C22H24N4OS. The Morgan fingerprint density at radius 3 is 2.57 bits per heavy atom. The van der Waals surface area contributed by atoms with Crippen LogP contribution < -0.4 is 0 Å². The van der Waals surface area contributed by atoms with Crippen LogP contribution in [0.5, 0.6) is 0 Å². The summed E-state index contributed by atoms with van der Waals surface area (Å²) in [6, 6.07) is 18.0. The van der Waals surface area contributed by atoms with E-state index in [1.165, 1.54) is 17.3 Å². The van der Waals surface area contributed by atoms with Gasteiger partial charge in [0.05, 0.1) is 18.0 Å². The summed E-state index contributed by atoms with van der Waals surface area (Å²) >= 11 is 1.38. The molecule has 0 fully saturated rings. The summed E-state index contributed by atoms with van der Waals surface area (Å²) in [4.78, 5) is 27.7. The van der Waals surface area contributed by atoms with Gasteiger partial charge in [-0.25, -0.2) is 9.97 Å². The minimum atomic E-state index is 0.0776. The third kappa shape index (κ3) is 6.46. The maximum atomic E-state index is 12.9. The summed E-state index contributed by atoms with van der Waals surface area (Å²) in [6.07, 6.45) is 5.34. The number of benzene rings is 1. The minimum Gasteiger partial charge on any atom is -0.336 e. The van der Waals surface area contributed by atoms with Crippen LogP contribution in [0.25, 0.3) is 0 Å². The van der Waals surface area contributed by atoms with Crippen LogP contribution in [0.4, 0.5) is 0 Å². The largest absolute Gasteiger partial charge is 0.336 e. The average Bonchev–Trinajstić information content (AvgIpc) is 2.73. The molecule has 0 saturated carbocycles. The number of carbonyl (C=O) groups excluding carboxylic acids is 1. The Kier molecular flexibility index (Phi) is 7.55. The van der Waals surface area contributed by atoms with Crippen LogP contribution in [0.1, 0.15) is 23.4 Å². The first-order valence-corrected chi connectivity index (χ1v) is 10.3. The summed E-state index contributed by atoms with van der Waals surface area (Å²) < 4.78 is 0. The lowest BCUT2D eigenvalue weighted by Crippen LogP contribution is -2.33. The molecule has 1 aromatic carbocycles. The van der Waals surface area contributed by atoms with Crippen molar-refractivity contribution in [3.63, 3.8) is 0 Å². The Balaban J connectivity index is 1.59. The second-order valence-corrected chi connectivity index (χ2v) is 7.44. The van der Waals surface area contributed by atoms with Gasteiger partial charge >= 0.3 is 0 Å². The molecular weight excluding hydrogens is 368 g/mol. The molecule has 0 aliphatic carbocycles. The molecule has 5 nitrogen and oxygen atoms in total. The molecule has 0 saturated heterocycles. The molecule has 3 rings (SSSR count). The Labute approximate surface area is 170 Å². The monoisotopic (exact) mass is 392 g/mol. The number of pyridine rings is 1. The molecule has 3 aromatic rings. The van der Waals surface area contributed by atoms with E-state index < -0.39 is 0 Å². The Bertz CT molecular complexity index is 874. The number of carbonyl (C=O) groups is 1. The van der Waals surface area contributed by atoms with Crippen LogP contribution in [0, 0.1) is 6.92 Å². The third-order valence-electron chi connectivity index (χ3n) is 4.27. The quantitative estimate of drug-likeness (QED) is 0.408. The summed E-state index contributed by atoms with van der Waals surface area (Å²) in [5.41, 5.74) is 3.08. The van der Waals surface area contributed by atoms with Crippen molar-refractivity contribution in [1.82, 2.24) is 19.9 Å². The second kappa shape index (κ2) is 10.6. The zero-order valence-corrected chi connectivity index (χ0v) is 16.8. The Morgan fingerprint density at radius 1 is 1.00 bits per heavy atom. The molecule has 0 bridgehead atoms. The van der Waals surface area contributed by atoms with Crippen molar-refractivity contribution >= 4 is 17.7 Å². The van der Waals surface area contributed by atoms with Gasteiger partial charge in [0.25, 0.3) is 0 Å². The van der Waals surface area contributed by atoms with Gasteiger partial charge in [-0.05, 0) is 43.5 Å². The normalized spacial score (nSPS) is 10.6. The van der Waals surface area contributed by atoms with Crippen molar-refractivity contribution in [3.8, 4) is 0 Å². The number of hydrogen-bond acceptors (Lipinski definition) is 5. The number of rotatable bonds is 9. The molecule has 0 spiro atoms. The predicted octanol–water partition coefficient (Wildman–Crippen LogP) is 3.93. The fourth-order valence-corrected chi connectivity index (χ4v) is 3.59. The van der Waals surface area contributed by atoms with E-state index in [9.17, 15) is 4.79 Å². The van der Waals surface area contributed by atoms with Crippen molar-refractivity contribution in [2.45, 2.75) is 31.5 Å². The van der Waals surface area contributed by atoms with Crippen molar-refractivity contribution in [3.05, 3.63) is 83.9 Å². The highest BCUT2D eigenvalue weighted by molar-refractivity contribution is 7.99. The summed E-state index contributed by atoms with van der Waals surface area (Å²) in [6.45, 7) is 3.13. The van der Waals surface area contributed by atoms with Crippen molar-refractivity contribution in [1.29, 1.82) is 0 Å². The molecule has 2 aromatic heterocycles. The van der Waals surface area contributed by atoms with Gasteiger partial charge in [-0.3, -0.25) is 9.78 Å². The molecule has 28 heavy (non-hydrogen) atoms. The van der Waals surface area contributed by atoms with E-state index in [4.69, 9.17) is 0 Å². The minimum absolute atomic E-state index is 0.0776. The van der Waals surface area contributed by atoms with Crippen LogP contribution in [-0.2, 0) is 17.8 Å². The van der Waals surface area contributed by atoms with Crippen LogP contribution in [0.15, 0.2) is 72.1 Å². The number of hydrogen-bond donors (Lipinski definition) is 0. The number of thioether (sulfide) groups is 1. The molecule has 0 N–H and O–H groups in total. The number of aryl methyl sites for hydroxylation is 2. The predicted molar refractivity (Wildman–Crippen MR) is 112 cm³/mol. The molecule has 6 heteroatoms. The zero-order valence-electron chi connectivity index (χ0n) is 16.0. The highest BCUT2D eigenvalue weighted by Crippen LogP contribution is 2.15. The maximum Gasteiger partial charge on any atom is 0.233 e. The van der Waals surface area contributed by atoms with Gasteiger partial charge in [0.1, 0.15) is 0 Å². The number of nitrogens with zero attached hydrogens (tertiary/aromatic N) is 4. The first-order chi connectivity index (χ1) is 13.7. The second-order valence-electron chi connectivity index (χ2n) is 6.49. The van der Waals surface area contributed by atoms with Gasteiger partial charge in [-0.1, -0.05) is 48.2 Å². The van der Waals surface area contributed by atoms with E-state index in [0.29, 0.717) is 24.0 Å². The van der Waals surface area contributed by atoms with E-state index in [0.717, 1.165) is 24.2 Å². The fourth-order valence-electron chi connectivity index (χ4n) is 2.81. The number of aromatic nitrogens is 3. The molecule has 2 heterocycles. The van der Waals surface area contributed by atoms with Crippen molar-refractivity contribution < 1.29 is 4.79 Å². The van der Waals surface area contributed by atoms with Gasteiger partial charge in [-0.15, -0.1) is 0 Å². The standard InChI is InChI=1S/C22H24N4OS/c1-18-12-14-24-22(25-18)28-17-21(27)26(16-20-11-5-6-13-23-20)15-7-10-19-8-3-2-4-9-19/h2-6,8-9,11-14H,7,10,15-17H2,1H3. The van der Waals surface area contributed by atoms with Crippen LogP contribution in [0.2, 0.25) is 0 Å². The number of amides is 1. The molecule has 144 valence electrons. The molecule has 0 unspecified atom stereocenters. The van der Waals surface area contributed by atoms with E-state index in [1.54, 1.807) is 12.4 Å². The van der Waals surface area contributed by atoms with Crippen LogP contribution in [-0.4, -0.2) is 38.1 Å². The van der Waals surface area contributed by atoms with Gasteiger partial charge in [-0.2, -0.15) is 0 Å². The SMILES string of the molecule is Cc1ccnc(SCC(=O)N(CCCc2ccccc2)Cc2ccccn2)n1. The summed E-state index contributed by atoms with van der Waals surface area (Å²) in [5.74, 6) is 0.399. The molecule has 0 radical (unpaired) electrons. The summed E-state index contributed by atoms with van der Waals surface area (Å²) in [7, 11) is 0. The van der Waals surface area contributed by atoms with Gasteiger partial charge in [0, 0.05) is 24.6 Å². The van der Waals surface area contributed by atoms with Crippen molar-refractivity contribution in [2.75, 3.05) is 12.3 Å². The Morgan fingerprint density at radius 2 is 1.82 bits per heavy atom. The molecule has 0 aliphatic heterocycles. The van der Waals surface area contributed by atoms with E-state index in [1.807, 2.05) is 54.3 Å². The molecule has 0 aliphatic rings. The van der Waals surface area contributed by atoms with Crippen molar-refractivity contribution in [2.24, 2.45) is 0 Å². The lowest BCUT2D eigenvalue weighted by molar-refractivity contribution is -0.129. The lowest BCUT2D eigenvalue weighted by atomic mass is 10.1. The lowest BCUT2D eigenvalue weighted by Gasteiger charge is -2.22. The van der Waals surface area contributed by atoms with Crippen LogP contribution in [0.3, 0.4) is 0 Å². The molecule has 0 atom stereocenters. The fraction of sp³-hybridized carbons (Fsp3) is 0.273. The Hall–Kier alpha value is -2.73. The third-order valence-corrected chi connectivity index (χ3v) is 5.11.